The molecule has 70 valence electrons. The van der Waals surface area contributed by atoms with E-state index in [0.29, 0.717) is 11.5 Å². The first-order valence-corrected chi connectivity index (χ1v) is 4.27. The third kappa shape index (κ3) is 2.24. The van der Waals surface area contributed by atoms with Crippen LogP contribution in [0.3, 0.4) is 0 Å². The van der Waals surface area contributed by atoms with Gasteiger partial charge in [-0.1, -0.05) is 6.92 Å². The van der Waals surface area contributed by atoms with Gasteiger partial charge in [0.25, 0.3) is 0 Å². The summed E-state index contributed by atoms with van der Waals surface area (Å²) < 4.78 is 0. The highest BCUT2D eigenvalue weighted by molar-refractivity contribution is 5.79. The highest BCUT2D eigenvalue weighted by Crippen LogP contribution is 2.10. The summed E-state index contributed by atoms with van der Waals surface area (Å²) in [6.07, 6.45) is 4.86. The van der Waals surface area contributed by atoms with Gasteiger partial charge in [0.2, 0.25) is 0 Å². The van der Waals surface area contributed by atoms with Crippen LogP contribution in [0.5, 0.6) is 0 Å². The number of carbonyl (C=O) groups is 1. The Morgan fingerprint density at radius 3 is 2.77 bits per heavy atom. The van der Waals surface area contributed by atoms with Crippen LogP contribution in [-0.4, -0.2) is 29.8 Å². The van der Waals surface area contributed by atoms with Crippen LogP contribution in [0.25, 0.3) is 0 Å². The van der Waals surface area contributed by atoms with Crippen molar-refractivity contribution in [1.82, 2.24) is 9.97 Å². The topological polar surface area (TPSA) is 46.1 Å². The lowest BCUT2D eigenvalue weighted by atomic mass is 10.3. The second-order valence-electron chi connectivity index (χ2n) is 2.80. The highest BCUT2D eigenvalue weighted by Gasteiger charge is 2.07. The number of rotatable bonds is 4. The van der Waals surface area contributed by atoms with Gasteiger partial charge in [0.15, 0.2) is 12.1 Å². The Hall–Kier alpha value is -1.45. The molecule has 4 nitrogen and oxygen atoms in total. The van der Waals surface area contributed by atoms with Crippen LogP contribution >= 0.6 is 0 Å². The predicted molar refractivity (Wildman–Crippen MR) is 51.0 cm³/mol. The van der Waals surface area contributed by atoms with Crippen molar-refractivity contribution in [2.24, 2.45) is 0 Å². The number of nitrogens with zero attached hydrogens (tertiary/aromatic N) is 3. The molecule has 0 saturated carbocycles. The highest BCUT2D eigenvalue weighted by atomic mass is 16.1. The fourth-order valence-corrected chi connectivity index (χ4v) is 1.16. The molecular weight excluding hydrogens is 166 g/mol. The van der Waals surface area contributed by atoms with Crippen molar-refractivity contribution in [2.75, 3.05) is 18.5 Å². The van der Waals surface area contributed by atoms with E-state index in [4.69, 9.17) is 0 Å². The fourth-order valence-electron chi connectivity index (χ4n) is 1.16. The van der Waals surface area contributed by atoms with E-state index in [-0.39, 0.29) is 0 Å². The van der Waals surface area contributed by atoms with Crippen molar-refractivity contribution in [2.45, 2.75) is 13.3 Å². The first-order valence-electron chi connectivity index (χ1n) is 4.27. The van der Waals surface area contributed by atoms with Crippen LogP contribution < -0.4 is 4.90 Å². The first kappa shape index (κ1) is 9.64. The third-order valence-electron chi connectivity index (χ3n) is 1.74. The minimum atomic E-state index is 0.401. The molecule has 0 saturated heterocycles. The molecule has 0 spiro atoms. The minimum Gasteiger partial charge on any atom is -0.358 e. The van der Waals surface area contributed by atoms with Crippen LogP contribution in [0.1, 0.15) is 23.8 Å². The maximum atomic E-state index is 10.6. The van der Waals surface area contributed by atoms with Crippen molar-refractivity contribution >= 4 is 12.1 Å². The van der Waals surface area contributed by atoms with Gasteiger partial charge in [0.1, 0.15) is 5.69 Å². The van der Waals surface area contributed by atoms with E-state index >= 15 is 0 Å². The summed E-state index contributed by atoms with van der Waals surface area (Å²) in [5.74, 6) is 0.652. The second-order valence-corrected chi connectivity index (χ2v) is 2.80. The second kappa shape index (κ2) is 4.54. The summed E-state index contributed by atoms with van der Waals surface area (Å²) in [6.45, 7) is 2.95. The van der Waals surface area contributed by atoms with Crippen molar-refractivity contribution in [3.05, 3.63) is 18.1 Å². The molecule has 0 bridgehead atoms. The molecule has 0 N–H and O–H groups in total. The summed E-state index contributed by atoms with van der Waals surface area (Å²) in [5.41, 5.74) is 0.401. The number of hydrogen-bond acceptors (Lipinski definition) is 4. The number of anilines is 1. The zero-order valence-corrected chi connectivity index (χ0v) is 7.90. The molecule has 4 heteroatoms. The summed E-state index contributed by atoms with van der Waals surface area (Å²) in [7, 11) is 1.90. The van der Waals surface area contributed by atoms with E-state index in [9.17, 15) is 4.79 Å². The van der Waals surface area contributed by atoms with Crippen molar-refractivity contribution in [1.29, 1.82) is 0 Å². The van der Waals surface area contributed by atoms with Crippen molar-refractivity contribution in [3.63, 3.8) is 0 Å². The number of hydrogen-bond donors (Lipinski definition) is 0. The van der Waals surface area contributed by atoms with Gasteiger partial charge in [0, 0.05) is 26.0 Å². The maximum Gasteiger partial charge on any atom is 0.172 e. The van der Waals surface area contributed by atoms with Gasteiger partial charge >= 0.3 is 0 Å². The molecule has 0 atom stereocenters. The van der Waals surface area contributed by atoms with Crippen LogP contribution in [-0.2, 0) is 0 Å². The lowest BCUT2D eigenvalue weighted by Gasteiger charge is -2.17. The van der Waals surface area contributed by atoms with E-state index in [1.165, 1.54) is 6.20 Å². The molecule has 1 heterocycles. The van der Waals surface area contributed by atoms with E-state index < -0.39 is 0 Å². The molecule has 1 aromatic rings. The molecule has 13 heavy (non-hydrogen) atoms. The zero-order valence-electron chi connectivity index (χ0n) is 7.90. The molecule has 0 aromatic carbocycles. The molecule has 0 radical (unpaired) electrons. The molecule has 1 aromatic heterocycles. The quantitative estimate of drug-likeness (QED) is 0.650. The molecule has 0 unspecified atom stereocenters. The normalized spacial score (nSPS) is 9.69. The Labute approximate surface area is 77.6 Å². The van der Waals surface area contributed by atoms with Crippen LogP contribution in [0.2, 0.25) is 0 Å². The Bertz CT molecular complexity index is 288. The Morgan fingerprint density at radius 1 is 1.46 bits per heavy atom. The van der Waals surface area contributed by atoms with E-state index in [2.05, 4.69) is 16.9 Å². The molecule has 0 aliphatic heterocycles. The monoisotopic (exact) mass is 179 g/mol. The van der Waals surface area contributed by atoms with Crippen LogP contribution in [0.4, 0.5) is 5.82 Å². The SMILES string of the molecule is CCCN(C)c1nccnc1C=O. The fraction of sp³-hybridized carbons (Fsp3) is 0.444. The molecule has 0 aliphatic rings. The van der Waals surface area contributed by atoms with E-state index in [1.807, 2.05) is 11.9 Å². The minimum absolute atomic E-state index is 0.401. The average Bonchev–Trinajstić information content (AvgIpc) is 2.18. The van der Waals surface area contributed by atoms with Gasteiger partial charge in [0.05, 0.1) is 0 Å². The predicted octanol–water partition coefficient (Wildman–Crippen LogP) is 1.14. The summed E-state index contributed by atoms with van der Waals surface area (Å²) in [5, 5.41) is 0. The van der Waals surface area contributed by atoms with E-state index in [1.54, 1.807) is 6.20 Å². The Morgan fingerprint density at radius 2 is 2.15 bits per heavy atom. The summed E-state index contributed by atoms with van der Waals surface area (Å²) in [6, 6.07) is 0. The third-order valence-corrected chi connectivity index (χ3v) is 1.74. The van der Waals surface area contributed by atoms with E-state index in [0.717, 1.165) is 19.3 Å². The van der Waals surface area contributed by atoms with Gasteiger partial charge in [-0.25, -0.2) is 9.97 Å². The summed E-state index contributed by atoms with van der Waals surface area (Å²) >= 11 is 0. The van der Waals surface area contributed by atoms with Gasteiger partial charge in [-0.15, -0.1) is 0 Å². The lowest BCUT2D eigenvalue weighted by molar-refractivity contribution is 0.111. The maximum absolute atomic E-state index is 10.6. The zero-order chi connectivity index (χ0) is 9.68. The largest absolute Gasteiger partial charge is 0.358 e. The number of aldehydes is 1. The van der Waals surface area contributed by atoms with Gasteiger partial charge < -0.3 is 4.90 Å². The molecule has 0 amide bonds. The lowest BCUT2D eigenvalue weighted by Crippen LogP contribution is -2.21. The van der Waals surface area contributed by atoms with Gasteiger partial charge in [-0.2, -0.15) is 0 Å². The average molecular weight is 179 g/mol. The smallest absolute Gasteiger partial charge is 0.172 e. The Balaban J connectivity index is 2.91. The van der Waals surface area contributed by atoms with Gasteiger partial charge in [-0.3, -0.25) is 4.79 Å². The number of aromatic nitrogens is 2. The van der Waals surface area contributed by atoms with Crippen LogP contribution in [0.15, 0.2) is 12.4 Å². The van der Waals surface area contributed by atoms with Crippen molar-refractivity contribution < 1.29 is 4.79 Å². The standard InChI is InChI=1S/C9H13N3O/c1-3-6-12(2)9-8(7-13)10-4-5-11-9/h4-5,7H,3,6H2,1-2H3. The summed E-state index contributed by atoms with van der Waals surface area (Å²) in [4.78, 5) is 20.6. The number of carbonyl (C=O) groups excluding carboxylic acids is 1. The van der Waals surface area contributed by atoms with Crippen molar-refractivity contribution in [3.8, 4) is 0 Å². The van der Waals surface area contributed by atoms with Gasteiger partial charge in [-0.05, 0) is 6.42 Å². The Kier molecular flexibility index (Phi) is 3.37. The molecule has 0 aliphatic carbocycles. The van der Waals surface area contributed by atoms with Crippen LogP contribution in [0, 0.1) is 0 Å². The molecular formula is C9H13N3O. The molecule has 0 fully saturated rings. The first-order chi connectivity index (χ1) is 6.29. The molecule has 1 rings (SSSR count).